The van der Waals surface area contributed by atoms with E-state index < -0.39 is 5.97 Å². The second-order valence-electron chi connectivity index (χ2n) is 6.75. The Bertz CT molecular complexity index is 533. The van der Waals surface area contributed by atoms with Gasteiger partial charge in [0.05, 0.1) is 0 Å². The van der Waals surface area contributed by atoms with Crippen molar-refractivity contribution in [3.8, 4) is 0 Å². The maximum absolute atomic E-state index is 10.4. The fraction of sp³-hybridized carbons (Fsp3) is 0.476. The molecule has 1 aromatic rings. The highest BCUT2D eigenvalue weighted by Crippen LogP contribution is 2.36. The summed E-state index contributed by atoms with van der Waals surface area (Å²) in [6.07, 6.45) is 3.82. The van der Waals surface area contributed by atoms with Crippen molar-refractivity contribution < 1.29 is 9.90 Å². The van der Waals surface area contributed by atoms with E-state index in [0.717, 1.165) is 24.1 Å². The molecule has 0 spiro atoms. The lowest BCUT2D eigenvalue weighted by Gasteiger charge is -2.31. The molecule has 1 aliphatic rings. The number of aliphatic carboxylic acids is 1. The highest BCUT2D eigenvalue weighted by Gasteiger charge is 2.24. The van der Waals surface area contributed by atoms with Crippen molar-refractivity contribution in [2.24, 2.45) is 5.41 Å². The molecule has 0 aliphatic heterocycles. The van der Waals surface area contributed by atoms with E-state index in [1.165, 1.54) is 11.1 Å². The SMILES string of the molecule is C=C1C=C(NCC(=O)O)CC(C)(C)C1.CC.Cc1ccc(C)cc1. The third-order valence-electron chi connectivity index (χ3n) is 3.44. The molecular formula is C21H33NO2. The first-order valence-electron chi connectivity index (χ1n) is 8.55. The summed E-state index contributed by atoms with van der Waals surface area (Å²) in [7, 11) is 0. The highest BCUT2D eigenvalue weighted by molar-refractivity contribution is 5.69. The smallest absolute Gasteiger partial charge is 0.322 e. The first-order valence-corrected chi connectivity index (χ1v) is 8.55. The highest BCUT2D eigenvalue weighted by atomic mass is 16.4. The lowest BCUT2D eigenvalue weighted by molar-refractivity contribution is -0.135. The molecule has 134 valence electrons. The van der Waals surface area contributed by atoms with Crippen LogP contribution in [0.15, 0.2) is 48.2 Å². The van der Waals surface area contributed by atoms with E-state index in [2.05, 4.69) is 63.9 Å². The van der Waals surface area contributed by atoms with Crippen molar-refractivity contribution in [1.82, 2.24) is 5.32 Å². The van der Waals surface area contributed by atoms with Gasteiger partial charge in [-0.15, -0.1) is 0 Å². The molecule has 0 fully saturated rings. The molecule has 3 nitrogen and oxygen atoms in total. The quantitative estimate of drug-likeness (QED) is 0.795. The Labute approximate surface area is 147 Å². The first-order chi connectivity index (χ1) is 11.2. The number of allylic oxidation sites excluding steroid dienone is 3. The zero-order chi connectivity index (χ0) is 18.8. The van der Waals surface area contributed by atoms with Crippen molar-refractivity contribution in [2.75, 3.05) is 6.54 Å². The van der Waals surface area contributed by atoms with Crippen LogP contribution in [0.25, 0.3) is 0 Å². The average molecular weight is 332 g/mol. The Morgan fingerprint density at radius 1 is 1.12 bits per heavy atom. The summed E-state index contributed by atoms with van der Waals surface area (Å²) in [5, 5.41) is 11.4. The number of carbonyl (C=O) groups is 1. The molecule has 0 saturated carbocycles. The Hall–Kier alpha value is -2.03. The lowest BCUT2D eigenvalue weighted by Crippen LogP contribution is -2.28. The van der Waals surface area contributed by atoms with Gasteiger partial charge in [-0.05, 0) is 38.2 Å². The molecule has 0 radical (unpaired) electrons. The van der Waals surface area contributed by atoms with E-state index in [1.54, 1.807) is 0 Å². The van der Waals surface area contributed by atoms with Gasteiger partial charge in [0.15, 0.2) is 0 Å². The molecule has 0 aromatic heterocycles. The Morgan fingerprint density at radius 2 is 1.58 bits per heavy atom. The van der Waals surface area contributed by atoms with Crippen LogP contribution >= 0.6 is 0 Å². The monoisotopic (exact) mass is 331 g/mol. The number of carboxylic acid groups (broad SMARTS) is 1. The van der Waals surface area contributed by atoms with Crippen LogP contribution in [0.5, 0.6) is 0 Å². The van der Waals surface area contributed by atoms with E-state index in [4.69, 9.17) is 5.11 Å². The molecule has 0 atom stereocenters. The third kappa shape index (κ3) is 9.88. The normalized spacial score (nSPS) is 15.1. The van der Waals surface area contributed by atoms with E-state index in [-0.39, 0.29) is 12.0 Å². The van der Waals surface area contributed by atoms with Gasteiger partial charge in [0.2, 0.25) is 0 Å². The molecule has 0 bridgehead atoms. The first kappa shape index (κ1) is 22.0. The third-order valence-corrected chi connectivity index (χ3v) is 3.44. The van der Waals surface area contributed by atoms with Gasteiger partial charge in [0, 0.05) is 5.70 Å². The van der Waals surface area contributed by atoms with Crippen molar-refractivity contribution >= 4 is 5.97 Å². The minimum atomic E-state index is -0.833. The van der Waals surface area contributed by atoms with Gasteiger partial charge in [-0.3, -0.25) is 4.79 Å². The predicted octanol–water partition coefficient (Wildman–Crippen LogP) is 5.25. The number of hydrogen-bond acceptors (Lipinski definition) is 2. The summed E-state index contributed by atoms with van der Waals surface area (Å²) < 4.78 is 0. The predicted molar refractivity (Wildman–Crippen MR) is 103 cm³/mol. The number of aryl methyl sites for hydroxylation is 2. The fourth-order valence-corrected chi connectivity index (χ4v) is 2.48. The van der Waals surface area contributed by atoms with Crippen LogP contribution in [0.4, 0.5) is 0 Å². The minimum Gasteiger partial charge on any atom is -0.480 e. The molecule has 3 heteroatoms. The molecule has 1 aromatic carbocycles. The second kappa shape index (κ2) is 10.7. The number of rotatable bonds is 3. The van der Waals surface area contributed by atoms with Crippen LogP contribution in [0.2, 0.25) is 0 Å². The van der Waals surface area contributed by atoms with Crippen LogP contribution in [-0.2, 0) is 4.79 Å². The van der Waals surface area contributed by atoms with E-state index in [9.17, 15) is 4.79 Å². The zero-order valence-electron chi connectivity index (χ0n) is 16.1. The van der Waals surface area contributed by atoms with Gasteiger partial charge < -0.3 is 10.4 Å². The standard InChI is InChI=1S/C11H17NO2.C8H10.C2H6/c1-8-4-9(12-7-10(13)14)6-11(2,3)5-8;1-7-3-5-8(2)6-4-7;1-2/h4,12H,1,5-7H2,2-3H3,(H,13,14);3-6H,1-2H3;1-2H3. The van der Waals surface area contributed by atoms with Gasteiger partial charge >= 0.3 is 5.97 Å². The molecule has 0 unspecified atom stereocenters. The summed E-state index contributed by atoms with van der Waals surface area (Å²) in [5.74, 6) is -0.833. The van der Waals surface area contributed by atoms with Crippen molar-refractivity contribution in [2.45, 2.75) is 54.4 Å². The summed E-state index contributed by atoms with van der Waals surface area (Å²) in [5.41, 5.74) is 4.89. The number of nitrogens with one attached hydrogen (secondary N) is 1. The maximum atomic E-state index is 10.4. The number of hydrogen-bond donors (Lipinski definition) is 2. The molecule has 0 heterocycles. The molecule has 1 aliphatic carbocycles. The Balaban J connectivity index is 0.000000447. The zero-order valence-corrected chi connectivity index (χ0v) is 16.1. The molecule has 24 heavy (non-hydrogen) atoms. The molecule has 0 saturated heterocycles. The van der Waals surface area contributed by atoms with Crippen molar-refractivity contribution in [3.63, 3.8) is 0 Å². The summed E-state index contributed by atoms with van der Waals surface area (Å²) in [6.45, 7) is 16.4. The van der Waals surface area contributed by atoms with Gasteiger partial charge in [0.25, 0.3) is 0 Å². The van der Waals surface area contributed by atoms with Crippen molar-refractivity contribution in [3.05, 3.63) is 59.3 Å². The van der Waals surface area contributed by atoms with E-state index in [1.807, 2.05) is 19.9 Å². The van der Waals surface area contributed by atoms with E-state index >= 15 is 0 Å². The summed E-state index contributed by atoms with van der Waals surface area (Å²) in [4.78, 5) is 10.4. The fourth-order valence-electron chi connectivity index (χ4n) is 2.48. The largest absolute Gasteiger partial charge is 0.480 e. The topological polar surface area (TPSA) is 49.3 Å². The Morgan fingerprint density at radius 3 is 1.96 bits per heavy atom. The lowest BCUT2D eigenvalue weighted by atomic mass is 9.77. The number of benzene rings is 1. The molecular weight excluding hydrogens is 298 g/mol. The summed E-state index contributed by atoms with van der Waals surface area (Å²) in [6, 6.07) is 8.48. The van der Waals surface area contributed by atoms with E-state index in [0.29, 0.717) is 0 Å². The van der Waals surface area contributed by atoms with Gasteiger partial charge in [-0.2, -0.15) is 0 Å². The van der Waals surface area contributed by atoms with Gasteiger partial charge in [-0.25, -0.2) is 0 Å². The van der Waals surface area contributed by atoms with Crippen LogP contribution < -0.4 is 5.32 Å². The van der Waals surface area contributed by atoms with Crippen LogP contribution in [0.1, 0.15) is 51.7 Å². The van der Waals surface area contributed by atoms with Crippen LogP contribution in [0.3, 0.4) is 0 Å². The van der Waals surface area contributed by atoms with Gasteiger partial charge in [-0.1, -0.05) is 75.2 Å². The number of carboxylic acids is 1. The average Bonchev–Trinajstić information content (AvgIpc) is 2.49. The Kier molecular flexibility index (Phi) is 9.79. The maximum Gasteiger partial charge on any atom is 0.322 e. The van der Waals surface area contributed by atoms with Crippen LogP contribution in [-0.4, -0.2) is 17.6 Å². The molecule has 2 rings (SSSR count). The molecule has 0 amide bonds. The van der Waals surface area contributed by atoms with Gasteiger partial charge in [0.1, 0.15) is 6.54 Å². The molecule has 2 N–H and O–H groups in total. The second-order valence-corrected chi connectivity index (χ2v) is 6.75. The van der Waals surface area contributed by atoms with Crippen LogP contribution in [0, 0.1) is 19.3 Å². The minimum absolute atomic E-state index is 0.0187. The summed E-state index contributed by atoms with van der Waals surface area (Å²) >= 11 is 0. The van der Waals surface area contributed by atoms with Crippen molar-refractivity contribution in [1.29, 1.82) is 0 Å².